The van der Waals surface area contributed by atoms with E-state index in [1.165, 1.54) is 32.1 Å². The first-order valence-corrected chi connectivity index (χ1v) is 7.22. The molecule has 3 atom stereocenters. The molecule has 2 saturated carbocycles. The molecular formula is C14H26N2O. The van der Waals surface area contributed by atoms with Crippen LogP contribution in [0.5, 0.6) is 0 Å². The van der Waals surface area contributed by atoms with E-state index in [1.807, 2.05) is 0 Å². The van der Waals surface area contributed by atoms with Crippen molar-refractivity contribution in [2.45, 2.75) is 70.4 Å². The molecule has 2 rings (SSSR count). The van der Waals surface area contributed by atoms with Gasteiger partial charge >= 0.3 is 0 Å². The largest absolute Gasteiger partial charge is 0.353 e. The van der Waals surface area contributed by atoms with Crippen molar-refractivity contribution in [3.63, 3.8) is 0 Å². The predicted molar refractivity (Wildman–Crippen MR) is 69.5 cm³/mol. The van der Waals surface area contributed by atoms with Gasteiger partial charge in [-0.15, -0.1) is 0 Å². The Bertz CT molecular complexity index is 261. The zero-order valence-corrected chi connectivity index (χ0v) is 11.0. The molecule has 0 heterocycles. The van der Waals surface area contributed by atoms with Gasteiger partial charge in [-0.1, -0.05) is 26.2 Å². The molecule has 0 bridgehead atoms. The van der Waals surface area contributed by atoms with E-state index in [0.717, 1.165) is 19.3 Å². The normalized spacial score (nSPS) is 35.5. The third-order valence-corrected chi connectivity index (χ3v) is 4.52. The van der Waals surface area contributed by atoms with E-state index in [2.05, 4.69) is 12.2 Å². The maximum atomic E-state index is 12.3. The molecule has 0 radical (unpaired) electrons. The van der Waals surface area contributed by atoms with Crippen LogP contribution in [0.25, 0.3) is 0 Å². The molecule has 0 aromatic rings. The number of hydrogen-bond acceptors (Lipinski definition) is 2. The Morgan fingerprint density at radius 2 is 1.82 bits per heavy atom. The average Bonchev–Trinajstić information content (AvgIpc) is 2.33. The molecule has 0 aliphatic heterocycles. The fourth-order valence-corrected chi connectivity index (χ4v) is 3.28. The lowest BCUT2D eigenvalue weighted by Gasteiger charge is -2.33. The van der Waals surface area contributed by atoms with Crippen LogP contribution in [0, 0.1) is 11.8 Å². The molecule has 2 aliphatic carbocycles. The minimum atomic E-state index is 0.153. The zero-order valence-electron chi connectivity index (χ0n) is 11.0. The van der Waals surface area contributed by atoms with Crippen molar-refractivity contribution in [3.8, 4) is 0 Å². The summed E-state index contributed by atoms with van der Waals surface area (Å²) in [5.41, 5.74) is 5.98. The number of carbonyl (C=O) groups excluding carboxylic acids is 1. The van der Waals surface area contributed by atoms with Crippen molar-refractivity contribution in [2.24, 2.45) is 17.6 Å². The van der Waals surface area contributed by atoms with E-state index in [1.54, 1.807) is 0 Å². The van der Waals surface area contributed by atoms with Crippen LogP contribution >= 0.6 is 0 Å². The van der Waals surface area contributed by atoms with Crippen LogP contribution in [0.15, 0.2) is 0 Å². The molecule has 0 saturated heterocycles. The van der Waals surface area contributed by atoms with Crippen LogP contribution in [0.2, 0.25) is 0 Å². The van der Waals surface area contributed by atoms with Gasteiger partial charge in [0.05, 0.1) is 0 Å². The highest BCUT2D eigenvalue weighted by Crippen LogP contribution is 2.29. The fourth-order valence-electron chi connectivity index (χ4n) is 3.28. The van der Waals surface area contributed by atoms with E-state index >= 15 is 0 Å². The third kappa shape index (κ3) is 3.44. The minimum Gasteiger partial charge on any atom is -0.353 e. The van der Waals surface area contributed by atoms with E-state index in [0.29, 0.717) is 12.0 Å². The SMILES string of the molecule is CC1CCC(N)CC1C(=O)NC1CCCCC1. The van der Waals surface area contributed by atoms with Gasteiger partial charge in [0.1, 0.15) is 0 Å². The summed E-state index contributed by atoms with van der Waals surface area (Å²) < 4.78 is 0. The van der Waals surface area contributed by atoms with Crippen LogP contribution in [0.3, 0.4) is 0 Å². The lowest BCUT2D eigenvalue weighted by atomic mass is 9.77. The van der Waals surface area contributed by atoms with Gasteiger partial charge in [0.2, 0.25) is 5.91 Å². The summed E-state index contributed by atoms with van der Waals surface area (Å²) >= 11 is 0. The van der Waals surface area contributed by atoms with Crippen LogP contribution in [-0.2, 0) is 4.79 Å². The quantitative estimate of drug-likeness (QED) is 0.775. The summed E-state index contributed by atoms with van der Waals surface area (Å²) in [6, 6.07) is 0.662. The van der Waals surface area contributed by atoms with Crippen LogP contribution in [0.4, 0.5) is 0 Å². The van der Waals surface area contributed by atoms with Crippen LogP contribution in [0.1, 0.15) is 58.3 Å². The maximum Gasteiger partial charge on any atom is 0.223 e. The highest BCUT2D eigenvalue weighted by molar-refractivity contribution is 5.79. The van der Waals surface area contributed by atoms with Gasteiger partial charge in [0.25, 0.3) is 0 Å². The predicted octanol–water partition coefficient (Wildman–Crippen LogP) is 2.20. The molecule has 3 nitrogen and oxygen atoms in total. The smallest absolute Gasteiger partial charge is 0.223 e. The molecule has 3 N–H and O–H groups in total. The van der Waals surface area contributed by atoms with Crippen LogP contribution in [-0.4, -0.2) is 18.0 Å². The molecule has 0 spiro atoms. The highest BCUT2D eigenvalue weighted by Gasteiger charge is 2.32. The van der Waals surface area contributed by atoms with Gasteiger partial charge in [0.15, 0.2) is 0 Å². The summed E-state index contributed by atoms with van der Waals surface area (Å²) in [6.07, 6.45) is 9.25. The molecule has 1 amide bonds. The Balaban J connectivity index is 1.85. The van der Waals surface area contributed by atoms with Gasteiger partial charge in [-0.05, 0) is 38.0 Å². The lowest BCUT2D eigenvalue weighted by Crippen LogP contribution is -2.45. The molecule has 2 aliphatic rings. The van der Waals surface area contributed by atoms with Crippen molar-refractivity contribution in [1.82, 2.24) is 5.32 Å². The number of amides is 1. The van der Waals surface area contributed by atoms with Crippen LogP contribution < -0.4 is 11.1 Å². The van der Waals surface area contributed by atoms with E-state index < -0.39 is 0 Å². The Morgan fingerprint density at radius 3 is 2.53 bits per heavy atom. The second-order valence-corrected chi connectivity index (χ2v) is 6.00. The first kappa shape index (κ1) is 12.9. The Labute approximate surface area is 105 Å². The molecule has 2 fully saturated rings. The number of rotatable bonds is 2. The van der Waals surface area contributed by atoms with Gasteiger partial charge in [-0.25, -0.2) is 0 Å². The standard InChI is InChI=1S/C14H26N2O/c1-10-7-8-11(15)9-13(10)14(17)16-12-5-3-2-4-6-12/h10-13H,2-9,15H2,1H3,(H,16,17). The second kappa shape index (κ2) is 5.85. The van der Waals surface area contributed by atoms with Crippen molar-refractivity contribution in [1.29, 1.82) is 0 Å². The first-order chi connectivity index (χ1) is 8.16. The van der Waals surface area contributed by atoms with Gasteiger partial charge in [-0.2, -0.15) is 0 Å². The topological polar surface area (TPSA) is 55.1 Å². The van der Waals surface area contributed by atoms with Crippen molar-refractivity contribution in [2.75, 3.05) is 0 Å². The van der Waals surface area contributed by atoms with E-state index in [-0.39, 0.29) is 17.9 Å². The van der Waals surface area contributed by atoms with Crippen molar-refractivity contribution >= 4 is 5.91 Å². The Kier molecular flexibility index (Phi) is 4.43. The van der Waals surface area contributed by atoms with Gasteiger partial charge in [-0.3, -0.25) is 4.79 Å². The maximum absolute atomic E-state index is 12.3. The summed E-state index contributed by atoms with van der Waals surface area (Å²) in [4.78, 5) is 12.3. The summed E-state index contributed by atoms with van der Waals surface area (Å²) in [5.74, 6) is 0.915. The zero-order chi connectivity index (χ0) is 12.3. The molecule has 0 aromatic heterocycles. The van der Waals surface area contributed by atoms with E-state index in [4.69, 9.17) is 5.73 Å². The minimum absolute atomic E-state index is 0.153. The first-order valence-electron chi connectivity index (χ1n) is 7.22. The number of carbonyl (C=O) groups is 1. The summed E-state index contributed by atoms with van der Waals surface area (Å²) in [6.45, 7) is 2.19. The molecule has 3 heteroatoms. The van der Waals surface area contributed by atoms with Crippen molar-refractivity contribution in [3.05, 3.63) is 0 Å². The summed E-state index contributed by atoms with van der Waals surface area (Å²) in [5, 5.41) is 3.25. The number of nitrogens with one attached hydrogen (secondary N) is 1. The third-order valence-electron chi connectivity index (χ3n) is 4.52. The molecule has 17 heavy (non-hydrogen) atoms. The fraction of sp³-hybridized carbons (Fsp3) is 0.929. The summed E-state index contributed by atoms with van der Waals surface area (Å²) in [7, 11) is 0. The molecule has 0 aromatic carbocycles. The molecule has 98 valence electrons. The Morgan fingerprint density at radius 1 is 1.12 bits per heavy atom. The Hall–Kier alpha value is -0.570. The van der Waals surface area contributed by atoms with Crippen molar-refractivity contribution < 1.29 is 4.79 Å². The highest BCUT2D eigenvalue weighted by atomic mass is 16.2. The molecule has 3 unspecified atom stereocenters. The second-order valence-electron chi connectivity index (χ2n) is 6.00. The van der Waals surface area contributed by atoms with Gasteiger partial charge in [0, 0.05) is 18.0 Å². The number of nitrogens with two attached hydrogens (primary N) is 1. The lowest BCUT2D eigenvalue weighted by molar-refractivity contribution is -0.128. The molecular weight excluding hydrogens is 212 g/mol. The average molecular weight is 238 g/mol. The van der Waals surface area contributed by atoms with Gasteiger partial charge < -0.3 is 11.1 Å². The monoisotopic (exact) mass is 238 g/mol. The number of hydrogen-bond donors (Lipinski definition) is 2. The van der Waals surface area contributed by atoms with E-state index in [9.17, 15) is 4.79 Å².